The van der Waals surface area contributed by atoms with Crippen LogP contribution in [0.15, 0.2) is 18.2 Å². The van der Waals surface area contributed by atoms with Crippen LogP contribution in [0.25, 0.3) is 0 Å². The number of nitrogens with zero attached hydrogens (tertiary/aromatic N) is 1. The summed E-state index contributed by atoms with van der Waals surface area (Å²) < 4.78 is 0. The molecular formula is C15H19Cl2NO2. The lowest BCUT2D eigenvalue weighted by atomic mass is 9.91. The van der Waals surface area contributed by atoms with Gasteiger partial charge in [0.1, 0.15) is 5.54 Å². The predicted octanol–water partition coefficient (Wildman–Crippen LogP) is 4.38. The van der Waals surface area contributed by atoms with Gasteiger partial charge in [-0.15, -0.1) is 0 Å². The van der Waals surface area contributed by atoms with Gasteiger partial charge in [-0.05, 0) is 44.4 Å². The molecule has 1 heterocycles. The maximum atomic E-state index is 11.8. The molecule has 1 aliphatic rings. The van der Waals surface area contributed by atoms with E-state index in [1.807, 2.05) is 30.9 Å². The number of halogens is 2. The Morgan fingerprint density at radius 1 is 1.50 bits per heavy atom. The molecule has 2 atom stereocenters. The van der Waals surface area contributed by atoms with Gasteiger partial charge in [0.25, 0.3) is 0 Å². The first-order chi connectivity index (χ1) is 9.44. The third-order valence-electron chi connectivity index (χ3n) is 4.42. The molecule has 1 fully saturated rings. The van der Waals surface area contributed by atoms with Gasteiger partial charge >= 0.3 is 5.97 Å². The maximum absolute atomic E-state index is 11.8. The molecule has 0 aromatic heterocycles. The van der Waals surface area contributed by atoms with Gasteiger partial charge in [-0.25, -0.2) is 0 Å². The Morgan fingerprint density at radius 2 is 2.20 bits per heavy atom. The largest absolute Gasteiger partial charge is 0.480 e. The van der Waals surface area contributed by atoms with Crippen LogP contribution in [0.2, 0.25) is 10.0 Å². The van der Waals surface area contributed by atoms with Crippen LogP contribution in [0, 0.1) is 0 Å². The highest BCUT2D eigenvalue weighted by atomic mass is 35.5. The molecule has 0 radical (unpaired) electrons. The van der Waals surface area contributed by atoms with Crippen LogP contribution >= 0.6 is 23.2 Å². The SMILES string of the molecule is CCC1(C(=O)O)CCCN1C(C)c1cccc(Cl)c1Cl. The van der Waals surface area contributed by atoms with Crippen LogP contribution in [-0.4, -0.2) is 28.1 Å². The zero-order valence-corrected chi connectivity index (χ0v) is 13.2. The number of carboxylic acids is 1. The molecule has 1 aromatic carbocycles. The van der Waals surface area contributed by atoms with Crippen molar-refractivity contribution < 1.29 is 9.90 Å². The van der Waals surface area contributed by atoms with Gasteiger partial charge in [-0.1, -0.05) is 42.3 Å². The van der Waals surface area contributed by atoms with Crippen LogP contribution < -0.4 is 0 Å². The quantitative estimate of drug-likeness (QED) is 0.896. The normalized spacial score (nSPS) is 24.8. The number of rotatable bonds is 4. The highest BCUT2D eigenvalue weighted by Gasteiger charge is 2.48. The number of aliphatic carboxylic acids is 1. The van der Waals surface area contributed by atoms with Crippen molar-refractivity contribution in [3.05, 3.63) is 33.8 Å². The van der Waals surface area contributed by atoms with Crippen molar-refractivity contribution in [1.29, 1.82) is 0 Å². The van der Waals surface area contributed by atoms with Gasteiger partial charge in [0.15, 0.2) is 0 Å². The molecule has 3 nitrogen and oxygen atoms in total. The van der Waals surface area contributed by atoms with E-state index in [-0.39, 0.29) is 6.04 Å². The van der Waals surface area contributed by atoms with Crippen LogP contribution in [0.4, 0.5) is 0 Å². The molecule has 1 N–H and O–H groups in total. The lowest BCUT2D eigenvalue weighted by molar-refractivity contribution is -0.151. The van der Waals surface area contributed by atoms with E-state index in [0.717, 1.165) is 18.5 Å². The van der Waals surface area contributed by atoms with E-state index in [1.54, 1.807) is 6.07 Å². The number of hydrogen-bond donors (Lipinski definition) is 1. The molecule has 5 heteroatoms. The lowest BCUT2D eigenvalue weighted by Crippen LogP contribution is -2.50. The second-order valence-corrected chi connectivity index (χ2v) is 6.09. The minimum Gasteiger partial charge on any atom is -0.480 e. The van der Waals surface area contributed by atoms with E-state index < -0.39 is 11.5 Å². The fourth-order valence-electron chi connectivity index (χ4n) is 3.24. The first-order valence-corrected chi connectivity index (χ1v) is 7.63. The lowest BCUT2D eigenvalue weighted by Gasteiger charge is -2.38. The summed E-state index contributed by atoms with van der Waals surface area (Å²) in [5, 5.41) is 10.7. The first-order valence-electron chi connectivity index (χ1n) is 6.88. The average Bonchev–Trinajstić information content (AvgIpc) is 2.86. The summed E-state index contributed by atoms with van der Waals surface area (Å²) in [5.74, 6) is -0.748. The summed E-state index contributed by atoms with van der Waals surface area (Å²) in [6.07, 6.45) is 2.16. The Hall–Kier alpha value is -0.770. The summed E-state index contributed by atoms with van der Waals surface area (Å²) in [5.41, 5.74) is 0.102. The summed E-state index contributed by atoms with van der Waals surface area (Å²) in [7, 11) is 0. The number of carboxylic acid groups (broad SMARTS) is 1. The second-order valence-electron chi connectivity index (χ2n) is 5.31. The van der Waals surface area contributed by atoms with Gasteiger partial charge in [-0.3, -0.25) is 9.69 Å². The van der Waals surface area contributed by atoms with Gasteiger partial charge in [-0.2, -0.15) is 0 Å². The predicted molar refractivity (Wildman–Crippen MR) is 81.5 cm³/mol. The van der Waals surface area contributed by atoms with Crippen molar-refractivity contribution in [3.8, 4) is 0 Å². The van der Waals surface area contributed by atoms with Crippen LogP contribution in [0.1, 0.15) is 44.7 Å². The fourth-order valence-corrected chi connectivity index (χ4v) is 3.70. The summed E-state index contributed by atoms with van der Waals surface area (Å²) in [4.78, 5) is 13.8. The van der Waals surface area contributed by atoms with Crippen LogP contribution in [0.5, 0.6) is 0 Å². The Bertz CT molecular complexity index is 521. The second kappa shape index (κ2) is 5.92. The van der Waals surface area contributed by atoms with Crippen molar-refractivity contribution in [2.45, 2.75) is 44.7 Å². The van der Waals surface area contributed by atoms with Gasteiger partial charge in [0, 0.05) is 6.04 Å². The van der Waals surface area contributed by atoms with E-state index in [4.69, 9.17) is 23.2 Å². The highest BCUT2D eigenvalue weighted by Crippen LogP contribution is 2.41. The molecule has 2 unspecified atom stereocenters. The standard InChI is InChI=1S/C15H19Cl2NO2/c1-3-15(14(19)20)8-5-9-18(15)10(2)11-6-4-7-12(16)13(11)17/h4,6-7,10H,3,5,8-9H2,1-2H3,(H,19,20). The Kier molecular flexibility index (Phi) is 4.62. The first kappa shape index (κ1) is 15.6. The van der Waals surface area contributed by atoms with Crippen LogP contribution in [0.3, 0.4) is 0 Å². The van der Waals surface area contributed by atoms with Crippen molar-refractivity contribution in [2.75, 3.05) is 6.54 Å². The average molecular weight is 316 g/mol. The monoisotopic (exact) mass is 315 g/mol. The van der Waals surface area contributed by atoms with E-state index in [1.165, 1.54) is 0 Å². The molecule has 0 bridgehead atoms. The number of benzene rings is 1. The van der Waals surface area contributed by atoms with Gasteiger partial charge < -0.3 is 5.11 Å². The summed E-state index contributed by atoms with van der Waals surface area (Å²) >= 11 is 12.3. The zero-order valence-electron chi connectivity index (χ0n) is 11.7. The van der Waals surface area contributed by atoms with E-state index in [0.29, 0.717) is 22.9 Å². The smallest absolute Gasteiger partial charge is 0.324 e. The maximum Gasteiger partial charge on any atom is 0.324 e. The number of hydrogen-bond acceptors (Lipinski definition) is 2. The molecular weight excluding hydrogens is 297 g/mol. The molecule has 1 aromatic rings. The van der Waals surface area contributed by atoms with Crippen LogP contribution in [-0.2, 0) is 4.79 Å². The third-order valence-corrected chi connectivity index (χ3v) is 5.25. The van der Waals surface area contributed by atoms with E-state index in [9.17, 15) is 9.90 Å². The topological polar surface area (TPSA) is 40.5 Å². The van der Waals surface area contributed by atoms with E-state index >= 15 is 0 Å². The third kappa shape index (κ3) is 2.43. The molecule has 2 rings (SSSR count). The minimum absolute atomic E-state index is 0.0697. The van der Waals surface area contributed by atoms with Crippen molar-refractivity contribution in [1.82, 2.24) is 4.90 Å². The zero-order chi connectivity index (χ0) is 14.9. The fraction of sp³-hybridized carbons (Fsp3) is 0.533. The van der Waals surface area contributed by atoms with Crippen molar-refractivity contribution >= 4 is 29.2 Å². The molecule has 1 aliphatic heterocycles. The Morgan fingerprint density at radius 3 is 2.80 bits per heavy atom. The minimum atomic E-state index is -0.787. The molecule has 0 aliphatic carbocycles. The molecule has 1 saturated heterocycles. The highest BCUT2D eigenvalue weighted by molar-refractivity contribution is 6.42. The Labute approximate surface area is 129 Å². The summed E-state index contributed by atoms with van der Waals surface area (Å²) in [6, 6.07) is 5.44. The van der Waals surface area contributed by atoms with Crippen molar-refractivity contribution in [3.63, 3.8) is 0 Å². The molecule has 20 heavy (non-hydrogen) atoms. The van der Waals surface area contributed by atoms with Gasteiger partial charge in [0.05, 0.1) is 10.0 Å². The molecule has 0 amide bonds. The number of likely N-dealkylation sites (tertiary alicyclic amines) is 1. The Balaban J connectivity index is 2.39. The molecule has 0 saturated carbocycles. The van der Waals surface area contributed by atoms with E-state index in [2.05, 4.69) is 0 Å². The van der Waals surface area contributed by atoms with Crippen molar-refractivity contribution in [2.24, 2.45) is 0 Å². The van der Waals surface area contributed by atoms with Gasteiger partial charge in [0.2, 0.25) is 0 Å². The molecule has 110 valence electrons. The number of carbonyl (C=O) groups is 1. The molecule has 0 spiro atoms. The summed E-state index contributed by atoms with van der Waals surface area (Å²) in [6.45, 7) is 4.69.